The number of aromatic nitrogens is 4. The molecule has 1 aliphatic carbocycles. The fraction of sp³-hybridized carbons (Fsp3) is 0.310. The van der Waals surface area contributed by atoms with Crippen molar-refractivity contribution in [3.05, 3.63) is 70.9 Å². The van der Waals surface area contributed by atoms with Crippen LogP contribution in [0, 0.1) is 12.8 Å². The average Bonchev–Trinajstić information content (AvgIpc) is 3.47. The van der Waals surface area contributed by atoms with Crippen LogP contribution in [0.1, 0.15) is 43.1 Å². The zero-order chi connectivity index (χ0) is 28.4. The molecule has 208 valence electrons. The first-order valence-electron chi connectivity index (χ1n) is 12.9. The Hall–Kier alpha value is -3.99. The zero-order valence-electron chi connectivity index (χ0n) is 21.9. The molecule has 1 saturated carbocycles. The van der Waals surface area contributed by atoms with Gasteiger partial charge in [0.1, 0.15) is 17.2 Å². The summed E-state index contributed by atoms with van der Waals surface area (Å²) in [5.41, 5.74) is 2.33. The molecule has 2 N–H and O–H groups in total. The van der Waals surface area contributed by atoms with E-state index in [1.165, 1.54) is 36.1 Å². The van der Waals surface area contributed by atoms with Crippen LogP contribution in [-0.4, -0.2) is 37.1 Å². The lowest BCUT2D eigenvalue weighted by atomic mass is 9.80. The van der Waals surface area contributed by atoms with Gasteiger partial charge in [-0.2, -0.15) is 13.2 Å². The molecule has 1 aliphatic rings. The SMILES string of the molecule is Cc1nc(N[C@H](C)C2CCC2)c2c(n1)nc(-c1ccc3sccc3c1)n2Cc1ccc(C(F)(F)F)cc1.O=CO. The van der Waals surface area contributed by atoms with Gasteiger partial charge in [-0.25, -0.2) is 15.0 Å². The smallest absolute Gasteiger partial charge is 0.416 e. The number of rotatable bonds is 6. The van der Waals surface area contributed by atoms with Gasteiger partial charge in [0.15, 0.2) is 11.5 Å². The summed E-state index contributed by atoms with van der Waals surface area (Å²) in [6.45, 7) is 4.12. The molecule has 5 aromatic rings. The molecule has 6 rings (SSSR count). The second-order valence-corrected chi connectivity index (χ2v) is 10.9. The van der Waals surface area contributed by atoms with Crippen molar-refractivity contribution in [2.24, 2.45) is 5.92 Å². The van der Waals surface area contributed by atoms with E-state index in [-0.39, 0.29) is 12.5 Å². The van der Waals surface area contributed by atoms with Crippen molar-refractivity contribution in [2.45, 2.75) is 51.9 Å². The Kier molecular flexibility index (Phi) is 7.75. The molecule has 0 unspecified atom stereocenters. The molecule has 3 aromatic heterocycles. The molecule has 3 heterocycles. The van der Waals surface area contributed by atoms with Gasteiger partial charge in [0.25, 0.3) is 6.47 Å². The summed E-state index contributed by atoms with van der Waals surface area (Å²) in [5.74, 6) is 2.64. The lowest BCUT2D eigenvalue weighted by Crippen LogP contribution is -2.31. The number of nitrogens with zero attached hydrogens (tertiary/aromatic N) is 4. The van der Waals surface area contributed by atoms with Crippen molar-refractivity contribution in [1.29, 1.82) is 0 Å². The summed E-state index contributed by atoms with van der Waals surface area (Å²) in [4.78, 5) is 22.7. The molecule has 7 nitrogen and oxygen atoms in total. The summed E-state index contributed by atoms with van der Waals surface area (Å²) in [5, 5.41) is 13.7. The van der Waals surface area contributed by atoms with Crippen LogP contribution in [0.3, 0.4) is 0 Å². The fourth-order valence-corrected chi connectivity index (χ4v) is 5.75. The summed E-state index contributed by atoms with van der Waals surface area (Å²) >= 11 is 1.68. The van der Waals surface area contributed by atoms with Gasteiger partial charge < -0.3 is 15.0 Å². The van der Waals surface area contributed by atoms with E-state index in [0.29, 0.717) is 35.6 Å². The molecule has 0 saturated heterocycles. The van der Waals surface area contributed by atoms with Crippen LogP contribution in [0.2, 0.25) is 0 Å². The lowest BCUT2D eigenvalue weighted by Gasteiger charge is -2.32. The third kappa shape index (κ3) is 5.65. The third-order valence-corrected chi connectivity index (χ3v) is 8.17. The van der Waals surface area contributed by atoms with Gasteiger partial charge >= 0.3 is 6.18 Å². The Morgan fingerprint density at radius 3 is 2.50 bits per heavy atom. The van der Waals surface area contributed by atoms with Crippen LogP contribution in [0.15, 0.2) is 53.9 Å². The number of thiophene rings is 1. The fourth-order valence-electron chi connectivity index (χ4n) is 4.98. The van der Waals surface area contributed by atoms with E-state index in [1.54, 1.807) is 11.3 Å². The van der Waals surface area contributed by atoms with Gasteiger partial charge in [0.05, 0.1) is 5.56 Å². The highest BCUT2D eigenvalue weighted by Crippen LogP contribution is 2.35. The number of fused-ring (bicyclic) bond motifs is 2. The first kappa shape index (κ1) is 27.6. The molecular weight excluding hydrogens is 539 g/mol. The third-order valence-electron chi connectivity index (χ3n) is 7.27. The van der Waals surface area contributed by atoms with Crippen LogP contribution < -0.4 is 5.32 Å². The van der Waals surface area contributed by atoms with Crippen molar-refractivity contribution in [1.82, 2.24) is 19.5 Å². The van der Waals surface area contributed by atoms with E-state index in [1.807, 2.05) is 17.6 Å². The topological polar surface area (TPSA) is 92.9 Å². The van der Waals surface area contributed by atoms with E-state index in [0.717, 1.165) is 34.2 Å². The molecule has 40 heavy (non-hydrogen) atoms. The van der Waals surface area contributed by atoms with Crippen LogP contribution in [-0.2, 0) is 17.5 Å². The van der Waals surface area contributed by atoms with Crippen molar-refractivity contribution >= 4 is 44.9 Å². The molecule has 0 radical (unpaired) electrons. The molecule has 2 aromatic carbocycles. The Bertz CT molecular complexity index is 1640. The first-order valence-corrected chi connectivity index (χ1v) is 13.8. The number of hydrogen-bond acceptors (Lipinski definition) is 6. The predicted molar refractivity (Wildman–Crippen MR) is 151 cm³/mol. The van der Waals surface area contributed by atoms with Crippen LogP contribution in [0.25, 0.3) is 32.6 Å². The number of nitrogens with one attached hydrogen (secondary N) is 1. The quantitative estimate of drug-likeness (QED) is 0.208. The van der Waals surface area contributed by atoms with Gasteiger partial charge in [-0.05, 0) is 85.3 Å². The standard InChI is InChI=1S/C28H26F3N5S.CH2O2/c1-16(19-4-3-5-19)32-25-24-26(34-17(2)33-25)35-27(21-8-11-23-20(14-21)12-13-37-23)36(24)15-18-6-9-22(10-7-18)28(29,30)31;2-1-3/h6-14,16,19H,3-5,15H2,1-2H3,(H,32,33,34);1H,(H,2,3)/t16-;/m1./s1. The summed E-state index contributed by atoms with van der Waals surface area (Å²) in [7, 11) is 0. The minimum absolute atomic E-state index is 0.242. The number of anilines is 1. The highest BCUT2D eigenvalue weighted by molar-refractivity contribution is 7.17. The number of benzene rings is 2. The maximum absolute atomic E-state index is 13.2. The van der Waals surface area contributed by atoms with Crippen molar-refractivity contribution < 1.29 is 23.1 Å². The second kappa shape index (κ2) is 11.2. The normalized spacial score (nSPS) is 14.4. The number of alkyl halides is 3. The molecule has 1 fully saturated rings. The first-order chi connectivity index (χ1) is 19.2. The number of aryl methyl sites for hydroxylation is 1. The van der Waals surface area contributed by atoms with Gasteiger partial charge in [0.2, 0.25) is 0 Å². The Morgan fingerprint density at radius 2 is 1.85 bits per heavy atom. The Labute approximate surface area is 232 Å². The van der Waals surface area contributed by atoms with Crippen LogP contribution in [0.4, 0.5) is 19.0 Å². The van der Waals surface area contributed by atoms with Crippen LogP contribution in [0.5, 0.6) is 0 Å². The zero-order valence-corrected chi connectivity index (χ0v) is 22.8. The molecular formula is C29H28F3N5O2S. The molecule has 0 spiro atoms. The highest BCUT2D eigenvalue weighted by Gasteiger charge is 2.30. The number of halogens is 3. The van der Waals surface area contributed by atoms with E-state index in [9.17, 15) is 13.2 Å². The van der Waals surface area contributed by atoms with E-state index in [4.69, 9.17) is 19.9 Å². The van der Waals surface area contributed by atoms with Gasteiger partial charge in [-0.3, -0.25) is 4.79 Å². The van der Waals surface area contributed by atoms with Crippen molar-refractivity contribution in [2.75, 3.05) is 5.32 Å². The summed E-state index contributed by atoms with van der Waals surface area (Å²) in [6.07, 6.45) is -0.742. The van der Waals surface area contributed by atoms with Crippen molar-refractivity contribution in [3.63, 3.8) is 0 Å². The maximum Gasteiger partial charge on any atom is 0.416 e. The maximum atomic E-state index is 13.2. The van der Waals surface area contributed by atoms with E-state index >= 15 is 0 Å². The number of carboxylic acid groups (broad SMARTS) is 1. The monoisotopic (exact) mass is 567 g/mol. The molecule has 0 amide bonds. The number of carbonyl (C=O) groups is 1. The van der Waals surface area contributed by atoms with Gasteiger partial charge in [-0.1, -0.05) is 18.6 Å². The molecule has 11 heteroatoms. The molecule has 1 atom stereocenters. The summed E-state index contributed by atoms with van der Waals surface area (Å²) < 4.78 is 42.7. The predicted octanol–water partition coefficient (Wildman–Crippen LogP) is 7.38. The lowest BCUT2D eigenvalue weighted by molar-refractivity contribution is -0.137. The van der Waals surface area contributed by atoms with Gasteiger partial charge in [-0.15, -0.1) is 11.3 Å². The average molecular weight is 568 g/mol. The Balaban J connectivity index is 0.00000103. The molecule has 0 aliphatic heterocycles. The van der Waals surface area contributed by atoms with E-state index in [2.05, 4.69) is 40.8 Å². The second-order valence-electron chi connectivity index (χ2n) is 9.91. The Morgan fingerprint density at radius 1 is 1.12 bits per heavy atom. The summed E-state index contributed by atoms with van der Waals surface area (Å²) in [6, 6.07) is 13.8. The highest BCUT2D eigenvalue weighted by atomic mass is 32.1. The van der Waals surface area contributed by atoms with E-state index < -0.39 is 11.7 Å². The van der Waals surface area contributed by atoms with Gasteiger partial charge in [0, 0.05) is 22.8 Å². The molecule has 0 bridgehead atoms. The number of imidazole rings is 1. The van der Waals surface area contributed by atoms with Crippen molar-refractivity contribution in [3.8, 4) is 11.4 Å². The number of hydrogen-bond donors (Lipinski definition) is 2. The minimum Gasteiger partial charge on any atom is -0.483 e. The minimum atomic E-state index is -4.37. The van der Waals surface area contributed by atoms with Crippen LogP contribution >= 0.6 is 11.3 Å². The largest absolute Gasteiger partial charge is 0.483 e.